The van der Waals surface area contributed by atoms with Crippen LogP contribution in [0.15, 0.2) is 46.9 Å². The van der Waals surface area contributed by atoms with E-state index in [4.69, 9.17) is 9.47 Å². The number of rotatable bonds is 10. The summed E-state index contributed by atoms with van der Waals surface area (Å²) < 4.78 is 11.5. The molecule has 0 fully saturated rings. The van der Waals surface area contributed by atoms with Gasteiger partial charge in [0.1, 0.15) is 6.04 Å². The van der Waals surface area contributed by atoms with Gasteiger partial charge in [0.15, 0.2) is 11.5 Å². The van der Waals surface area contributed by atoms with Crippen molar-refractivity contribution in [1.82, 2.24) is 10.2 Å². The maximum atomic E-state index is 13.1. The average Bonchev–Trinajstić information content (AvgIpc) is 2.75. The average molecular weight is 477 g/mol. The summed E-state index contributed by atoms with van der Waals surface area (Å²) in [5.74, 6) is 1.04. The first-order valence-corrected chi connectivity index (χ1v) is 10.7. The summed E-state index contributed by atoms with van der Waals surface area (Å²) in [6.07, 6.45) is 0.823. The highest BCUT2D eigenvalue weighted by atomic mass is 79.9. The molecular formula is C23H29BrN2O4. The van der Waals surface area contributed by atoms with Gasteiger partial charge in [-0.2, -0.15) is 0 Å². The second kappa shape index (κ2) is 11.6. The molecule has 0 saturated carbocycles. The molecule has 0 saturated heterocycles. The van der Waals surface area contributed by atoms with Gasteiger partial charge in [-0.1, -0.05) is 34.1 Å². The van der Waals surface area contributed by atoms with Gasteiger partial charge < -0.3 is 19.7 Å². The normalized spacial score (nSPS) is 11.5. The first kappa shape index (κ1) is 23.7. The molecule has 2 aromatic carbocycles. The van der Waals surface area contributed by atoms with Gasteiger partial charge in [0.25, 0.3) is 0 Å². The Balaban J connectivity index is 2.16. The van der Waals surface area contributed by atoms with E-state index in [0.29, 0.717) is 31.0 Å². The van der Waals surface area contributed by atoms with Gasteiger partial charge in [-0.3, -0.25) is 9.59 Å². The second-order valence-corrected chi connectivity index (χ2v) is 7.83. The lowest BCUT2D eigenvalue weighted by Crippen LogP contribution is -2.47. The second-order valence-electron chi connectivity index (χ2n) is 6.91. The molecule has 0 radical (unpaired) electrons. The van der Waals surface area contributed by atoms with Crippen LogP contribution in [0.25, 0.3) is 0 Å². The number of nitrogens with zero attached hydrogens (tertiary/aromatic N) is 1. The molecule has 2 aromatic rings. The fourth-order valence-electron chi connectivity index (χ4n) is 3.17. The van der Waals surface area contributed by atoms with E-state index in [9.17, 15) is 9.59 Å². The van der Waals surface area contributed by atoms with Crippen molar-refractivity contribution in [2.24, 2.45) is 0 Å². The lowest BCUT2D eigenvalue weighted by Gasteiger charge is -2.29. The Morgan fingerprint density at radius 1 is 1.07 bits per heavy atom. The number of likely N-dealkylation sites (N-methyl/N-ethyl adjacent to an activating group) is 1. The lowest BCUT2D eigenvalue weighted by molar-refractivity contribution is -0.140. The summed E-state index contributed by atoms with van der Waals surface area (Å²) in [7, 11) is 3.17. The summed E-state index contributed by atoms with van der Waals surface area (Å²) in [6.45, 7) is 4.51. The summed E-state index contributed by atoms with van der Waals surface area (Å²) in [6, 6.07) is 12.8. The Bertz CT molecular complexity index is 872. The number of nitrogens with one attached hydrogen (secondary N) is 1. The number of carbonyl (C=O) groups is 2. The number of halogens is 1. The summed E-state index contributed by atoms with van der Waals surface area (Å²) in [5, 5.41) is 2.81. The molecule has 2 rings (SSSR count). The SMILES string of the molecule is CCNC(=O)[C@H](C)N(Cc1cccc(Br)c1)C(=O)CCc1ccc(OC)c(OC)c1. The fraction of sp³-hybridized carbons (Fsp3) is 0.391. The van der Waals surface area contributed by atoms with Crippen LogP contribution in [0, 0.1) is 0 Å². The Morgan fingerprint density at radius 2 is 1.80 bits per heavy atom. The third kappa shape index (κ3) is 6.49. The molecule has 0 unspecified atom stereocenters. The van der Waals surface area contributed by atoms with Gasteiger partial charge in [0.2, 0.25) is 11.8 Å². The molecule has 0 aliphatic heterocycles. The standard InChI is InChI=1S/C23H29BrN2O4/c1-5-25-23(28)16(2)26(15-18-7-6-8-19(24)13-18)22(27)12-10-17-9-11-20(29-3)21(14-17)30-4/h6-9,11,13-14,16H,5,10,12,15H2,1-4H3,(H,25,28)/t16-/m0/s1. The molecule has 0 heterocycles. The quantitative estimate of drug-likeness (QED) is 0.563. The highest BCUT2D eigenvalue weighted by Gasteiger charge is 2.25. The third-order valence-corrected chi connectivity index (χ3v) is 5.33. The van der Waals surface area contributed by atoms with Crippen molar-refractivity contribution in [3.8, 4) is 11.5 Å². The zero-order valence-corrected chi connectivity index (χ0v) is 19.5. The number of methoxy groups -OCH3 is 2. The van der Waals surface area contributed by atoms with E-state index in [2.05, 4.69) is 21.2 Å². The summed E-state index contributed by atoms with van der Waals surface area (Å²) >= 11 is 3.46. The Hall–Kier alpha value is -2.54. The van der Waals surface area contributed by atoms with Gasteiger partial charge in [0.05, 0.1) is 14.2 Å². The predicted octanol–water partition coefficient (Wildman–Crippen LogP) is 3.95. The van der Waals surface area contributed by atoms with Crippen LogP contribution in [0.4, 0.5) is 0 Å². The van der Waals surface area contributed by atoms with E-state index < -0.39 is 6.04 Å². The zero-order chi connectivity index (χ0) is 22.1. The smallest absolute Gasteiger partial charge is 0.242 e. The number of aryl methyl sites for hydroxylation is 1. The van der Waals surface area contributed by atoms with Crippen LogP contribution in [0.2, 0.25) is 0 Å². The van der Waals surface area contributed by atoms with Gasteiger partial charge >= 0.3 is 0 Å². The molecule has 2 amide bonds. The monoisotopic (exact) mass is 476 g/mol. The number of ether oxygens (including phenoxy) is 2. The Morgan fingerprint density at radius 3 is 2.43 bits per heavy atom. The van der Waals surface area contributed by atoms with Gasteiger partial charge in [-0.05, 0) is 55.7 Å². The third-order valence-electron chi connectivity index (χ3n) is 4.84. The molecule has 6 nitrogen and oxygen atoms in total. The van der Waals surface area contributed by atoms with Crippen molar-refractivity contribution >= 4 is 27.7 Å². The molecule has 1 N–H and O–H groups in total. The minimum absolute atomic E-state index is 0.0801. The van der Waals surface area contributed by atoms with E-state index in [1.807, 2.05) is 49.4 Å². The van der Waals surface area contributed by atoms with E-state index >= 15 is 0 Å². The van der Waals surface area contributed by atoms with Gasteiger partial charge in [-0.15, -0.1) is 0 Å². The summed E-state index contributed by atoms with van der Waals surface area (Å²) in [5.41, 5.74) is 1.93. The van der Waals surface area contributed by atoms with E-state index in [0.717, 1.165) is 15.6 Å². The van der Waals surface area contributed by atoms with Crippen molar-refractivity contribution in [2.75, 3.05) is 20.8 Å². The first-order valence-electron chi connectivity index (χ1n) is 9.92. The van der Waals surface area contributed by atoms with Crippen LogP contribution in [0.3, 0.4) is 0 Å². The molecule has 0 aliphatic rings. The van der Waals surface area contributed by atoms with Gasteiger partial charge in [0, 0.05) is 24.0 Å². The van der Waals surface area contributed by atoms with Gasteiger partial charge in [-0.25, -0.2) is 0 Å². The molecule has 1 atom stereocenters. The highest BCUT2D eigenvalue weighted by Crippen LogP contribution is 2.28. The summed E-state index contributed by atoms with van der Waals surface area (Å²) in [4.78, 5) is 27.2. The maximum Gasteiger partial charge on any atom is 0.242 e. The first-order chi connectivity index (χ1) is 14.4. The van der Waals surface area contributed by atoms with E-state index in [1.165, 1.54) is 0 Å². The van der Waals surface area contributed by atoms with Crippen molar-refractivity contribution < 1.29 is 19.1 Å². The van der Waals surface area contributed by atoms with Crippen LogP contribution in [0.5, 0.6) is 11.5 Å². The topological polar surface area (TPSA) is 67.9 Å². The fourth-order valence-corrected chi connectivity index (χ4v) is 3.61. The van der Waals surface area contributed by atoms with Crippen LogP contribution in [-0.4, -0.2) is 43.5 Å². The number of carbonyl (C=O) groups excluding carboxylic acids is 2. The Kier molecular flexibility index (Phi) is 9.17. The highest BCUT2D eigenvalue weighted by molar-refractivity contribution is 9.10. The molecule has 0 bridgehead atoms. The number of hydrogen-bond donors (Lipinski definition) is 1. The predicted molar refractivity (Wildman–Crippen MR) is 121 cm³/mol. The maximum absolute atomic E-state index is 13.1. The van der Waals surface area contributed by atoms with E-state index in [1.54, 1.807) is 26.0 Å². The number of hydrogen-bond acceptors (Lipinski definition) is 4. The van der Waals surface area contributed by atoms with E-state index in [-0.39, 0.29) is 18.2 Å². The van der Waals surface area contributed by atoms with Crippen LogP contribution >= 0.6 is 15.9 Å². The van der Waals surface area contributed by atoms with Crippen molar-refractivity contribution in [1.29, 1.82) is 0 Å². The molecular weight excluding hydrogens is 448 g/mol. The van der Waals surface area contributed by atoms with Crippen molar-refractivity contribution in [2.45, 2.75) is 39.3 Å². The lowest BCUT2D eigenvalue weighted by atomic mass is 10.1. The zero-order valence-electron chi connectivity index (χ0n) is 17.9. The Labute approximate surface area is 186 Å². The molecule has 30 heavy (non-hydrogen) atoms. The van der Waals surface area contributed by atoms with Crippen LogP contribution in [0.1, 0.15) is 31.4 Å². The molecule has 162 valence electrons. The number of amides is 2. The van der Waals surface area contributed by atoms with Crippen molar-refractivity contribution in [3.63, 3.8) is 0 Å². The minimum atomic E-state index is -0.568. The number of benzene rings is 2. The van der Waals surface area contributed by atoms with Crippen LogP contribution in [-0.2, 0) is 22.6 Å². The minimum Gasteiger partial charge on any atom is -0.493 e. The molecule has 0 aliphatic carbocycles. The largest absolute Gasteiger partial charge is 0.493 e. The molecule has 0 spiro atoms. The van der Waals surface area contributed by atoms with Crippen molar-refractivity contribution in [3.05, 3.63) is 58.1 Å². The molecule has 0 aromatic heterocycles. The van der Waals surface area contributed by atoms with Crippen LogP contribution < -0.4 is 14.8 Å². The molecule has 7 heteroatoms.